The van der Waals surface area contributed by atoms with Gasteiger partial charge in [0.15, 0.2) is 0 Å². The van der Waals surface area contributed by atoms with E-state index in [-0.39, 0.29) is 19.3 Å². The highest BCUT2D eigenvalue weighted by molar-refractivity contribution is 5.66. The molecule has 0 amide bonds. The Balaban J connectivity index is 1.33. The quantitative estimate of drug-likeness (QED) is 0.328. The van der Waals surface area contributed by atoms with E-state index in [2.05, 4.69) is 64.9 Å². The summed E-state index contributed by atoms with van der Waals surface area (Å²) in [4.78, 5) is 4.18. The van der Waals surface area contributed by atoms with Gasteiger partial charge in [0.2, 0.25) is 0 Å². The molecule has 188 valence electrons. The first-order valence-electron chi connectivity index (χ1n) is 12.5. The third kappa shape index (κ3) is 6.10. The van der Waals surface area contributed by atoms with Crippen molar-refractivity contribution in [3.05, 3.63) is 84.0 Å². The number of imidazole rings is 1. The Morgan fingerprint density at radius 1 is 1.08 bits per heavy atom. The molecule has 4 rings (SSSR count). The van der Waals surface area contributed by atoms with Crippen molar-refractivity contribution < 1.29 is 15.3 Å². The summed E-state index contributed by atoms with van der Waals surface area (Å²) in [6.07, 6.45) is 8.78. The Kier molecular flexibility index (Phi) is 8.68. The molecule has 7 nitrogen and oxygen atoms in total. The molecule has 0 bridgehead atoms. The minimum atomic E-state index is -0.704. The van der Waals surface area contributed by atoms with Gasteiger partial charge < -0.3 is 19.9 Å². The number of aliphatic hydroxyl groups excluding tert-OH is 3. The Morgan fingerprint density at radius 2 is 1.75 bits per heavy atom. The highest BCUT2D eigenvalue weighted by Gasteiger charge is 2.30. The molecule has 0 radical (unpaired) electrons. The summed E-state index contributed by atoms with van der Waals surface area (Å²) >= 11 is 0. The molecule has 4 N–H and O–H groups in total. The van der Waals surface area contributed by atoms with Gasteiger partial charge in [0.1, 0.15) is 18.0 Å². The molecule has 1 aliphatic rings. The summed E-state index contributed by atoms with van der Waals surface area (Å²) in [7, 11) is 0. The van der Waals surface area contributed by atoms with Crippen LogP contribution in [0.1, 0.15) is 54.8 Å². The van der Waals surface area contributed by atoms with Crippen molar-refractivity contribution in [3.63, 3.8) is 0 Å². The summed E-state index contributed by atoms with van der Waals surface area (Å²) in [6.45, 7) is 2.20. The molecule has 0 saturated heterocycles. The molecule has 3 aromatic rings. The van der Waals surface area contributed by atoms with Crippen molar-refractivity contribution in [1.29, 1.82) is 5.26 Å². The predicted octanol–water partition coefficient (Wildman–Crippen LogP) is 3.82. The number of nitrogens with one attached hydrogen (secondary N) is 1. The van der Waals surface area contributed by atoms with E-state index in [9.17, 15) is 10.2 Å². The number of hydrogen-bond acceptors (Lipinski definition) is 6. The first-order valence-corrected chi connectivity index (χ1v) is 12.5. The minimum Gasteiger partial charge on any atom is -0.394 e. The standard InChI is InChI=1S/C29H34N4O3/c1-20(36)29-31-12-13-33(29)28(19-35)11-4-21-2-5-23(6-3-21)24-7-9-25(10-8-24)26-14-22(15-26)17-32-27(16-30)18-34/h2-13,20,22,26-28,32,34-36H,14-15,17-19H2,1H3/b11-4+. The van der Waals surface area contributed by atoms with Crippen LogP contribution >= 0.6 is 0 Å². The maximum atomic E-state index is 9.89. The number of nitriles is 1. The molecular formula is C29H34N4O3. The van der Waals surface area contributed by atoms with Crippen LogP contribution < -0.4 is 5.32 Å². The van der Waals surface area contributed by atoms with Crippen LogP contribution in [-0.4, -0.2) is 50.7 Å². The van der Waals surface area contributed by atoms with Crippen molar-refractivity contribution >= 4 is 6.08 Å². The number of aliphatic hydroxyl groups is 3. The highest BCUT2D eigenvalue weighted by Crippen LogP contribution is 2.41. The molecule has 1 saturated carbocycles. The lowest BCUT2D eigenvalue weighted by Crippen LogP contribution is -2.38. The maximum absolute atomic E-state index is 9.89. The predicted molar refractivity (Wildman–Crippen MR) is 140 cm³/mol. The Labute approximate surface area is 212 Å². The average Bonchev–Trinajstić information content (AvgIpc) is 3.37. The lowest BCUT2D eigenvalue weighted by molar-refractivity contribution is 0.175. The first-order chi connectivity index (χ1) is 17.5. The van der Waals surface area contributed by atoms with E-state index in [1.807, 2.05) is 12.2 Å². The summed E-state index contributed by atoms with van der Waals surface area (Å²) in [6, 6.07) is 18.4. The largest absolute Gasteiger partial charge is 0.394 e. The molecule has 0 aliphatic heterocycles. The number of nitrogens with zero attached hydrogens (tertiary/aromatic N) is 3. The van der Waals surface area contributed by atoms with Crippen LogP contribution in [0.15, 0.2) is 67.0 Å². The third-order valence-corrected chi connectivity index (χ3v) is 6.98. The van der Waals surface area contributed by atoms with Crippen molar-refractivity contribution in [2.45, 2.75) is 43.9 Å². The van der Waals surface area contributed by atoms with Crippen LogP contribution in [0, 0.1) is 17.2 Å². The molecule has 0 spiro atoms. The topological polar surface area (TPSA) is 114 Å². The van der Waals surface area contributed by atoms with E-state index in [0.29, 0.717) is 17.7 Å². The summed E-state index contributed by atoms with van der Waals surface area (Å²) in [5, 5.41) is 40.9. The van der Waals surface area contributed by atoms with Crippen LogP contribution in [0.25, 0.3) is 17.2 Å². The number of aromatic nitrogens is 2. The Morgan fingerprint density at radius 3 is 2.33 bits per heavy atom. The Bertz CT molecular complexity index is 1170. The fourth-order valence-corrected chi connectivity index (χ4v) is 4.76. The molecule has 1 aromatic heterocycles. The van der Waals surface area contributed by atoms with Crippen LogP contribution in [0.3, 0.4) is 0 Å². The van der Waals surface area contributed by atoms with E-state index >= 15 is 0 Å². The summed E-state index contributed by atoms with van der Waals surface area (Å²) in [5.74, 6) is 1.63. The van der Waals surface area contributed by atoms with Crippen LogP contribution in [0.2, 0.25) is 0 Å². The zero-order valence-corrected chi connectivity index (χ0v) is 20.5. The fourth-order valence-electron chi connectivity index (χ4n) is 4.76. The van der Waals surface area contributed by atoms with Gasteiger partial charge in [-0.05, 0) is 60.4 Å². The molecule has 1 fully saturated rings. The van der Waals surface area contributed by atoms with Gasteiger partial charge in [0.05, 0.1) is 25.3 Å². The van der Waals surface area contributed by atoms with Gasteiger partial charge in [-0.2, -0.15) is 5.26 Å². The second-order valence-corrected chi connectivity index (χ2v) is 9.53. The van der Waals surface area contributed by atoms with Crippen molar-refractivity contribution in [1.82, 2.24) is 14.9 Å². The number of hydrogen-bond donors (Lipinski definition) is 4. The average molecular weight is 487 g/mol. The molecule has 36 heavy (non-hydrogen) atoms. The number of rotatable bonds is 11. The zero-order valence-electron chi connectivity index (χ0n) is 20.5. The van der Waals surface area contributed by atoms with Crippen LogP contribution in [-0.2, 0) is 0 Å². The van der Waals surface area contributed by atoms with E-state index in [0.717, 1.165) is 30.5 Å². The Hall–Kier alpha value is -3.28. The lowest BCUT2D eigenvalue weighted by Gasteiger charge is -2.36. The van der Waals surface area contributed by atoms with E-state index < -0.39 is 12.1 Å². The second-order valence-electron chi connectivity index (χ2n) is 9.53. The smallest absolute Gasteiger partial charge is 0.137 e. The molecule has 3 unspecified atom stereocenters. The van der Waals surface area contributed by atoms with E-state index in [4.69, 9.17) is 10.4 Å². The molecular weight excluding hydrogens is 452 g/mol. The van der Waals surface area contributed by atoms with Crippen molar-refractivity contribution in [2.24, 2.45) is 5.92 Å². The molecule has 2 aromatic carbocycles. The van der Waals surface area contributed by atoms with Gasteiger partial charge in [-0.3, -0.25) is 5.32 Å². The third-order valence-electron chi connectivity index (χ3n) is 6.98. The van der Waals surface area contributed by atoms with Gasteiger partial charge in [0, 0.05) is 12.4 Å². The lowest BCUT2D eigenvalue weighted by atomic mass is 9.71. The molecule has 1 aliphatic carbocycles. The summed E-state index contributed by atoms with van der Waals surface area (Å²) in [5.41, 5.74) is 4.69. The number of benzene rings is 2. The monoisotopic (exact) mass is 486 g/mol. The van der Waals surface area contributed by atoms with Gasteiger partial charge in [-0.15, -0.1) is 0 Å². The molecule has 1 heterocycles. The van der Waals surface area contributed by atoms with Crippen molar-refractivity contribution in [3.8, 4) is 17.2 Å². The zero-order chi connectivity index (χ0) is 25.5. The van der Waals surface area contributed by atoms with E-state index in [1.54, 1.807) is 23.9 Å². The normalized spacial score (nSPS) is 20.0. The minimum absolute atomic E-state index is 0.0850. The SMILES string of the molecule is CC(O)c1nccn1C(/C=C/c1ccc(-c2ccc(C3CC(CNC(C#N)CO)C3)cc2)cc1)CO. The van der Waals surface area contributed by atoms with Gasteiger partial charge in [-0.1, -0.05) is 60.7 Å². The van der Waals surface area contributed by atoms with Gasteiger partial charge in [-0.25, -0.2) is 4.98 Å². The molecule has 3 atom stereocenters. The fraction of sp³-hybridized carbons (Fsp3) is 0.379. The van der Waals surface area contributed by atoms with Crippen molar-refractivity contribution in [2.75, 3.05) is 19.8 Å². The highest BCUT2D eigenvalue weighted by atomic mass is 16.3. The van der Waals surface area contributed by atoms with Crippen LogP contribution in [0.4, 0.5) is 0 Å². The summed E-state index contributed by atoms with van der Waals surface area (Å²) < 4.78 is 1.79. The van der Waals surface area contributed by atoms with Gasteiger partial charge >= 0.3 is 0 Å². The maximum Gasteiger partial charge on any atom is 0.137 e. The molecule has 7 heteroatoms. The first kappa shape index (κ1) is 25.8. The van der Waals surface area contributed by atoms with E-state index in [1.165, 1.54) is 11.1 Å². The van der Waals surface area contributed by atoms with Gasteiger partial charge in [0.25, 0.3) is 0 Å². The second kappa shape index (κ2) is 12.1. The van der Waals surface area contributed by atoms with Crippen LogP contribution in [0.5, 0.6) is 0 Å².